The van der Waals surface area contributed by atoms with Crippen LogP contribution in [0.4, 0.5) is 0 Å². The van der Waals surface area contributed by atoms with Gasteiger partial charge in [0.25, 0.3) is 0 Å². The van der Waals surface area contributed by atoms with Crippen LogP contribution in [0.15, 0.2) is 121 Å². The smallest absolute Gasteiger partial charge is 0 e. The number of rotatable bonds is 2. The van der Waals surface area contributed by atoms with Crippen molar-refractivity contribution in [2.24, 2.45) is 0 Å². The van der Waals surface area contributed by atoms with Crippen molar-refractivity contribution < 1.29 is 36.1 Å². The maximum absolute atomic E-state index is 8.93. The predicted molar refractivity (Wildman–Crippen MR) is 138 cm³/mol. The number of benzene rings is 3. The van der Waals surface area contributed by atoms with E-state index >= 15 is 0 Å². The van der Waals surface area contributed by atoms with E-state index in [1.54, 1.807) is 13.8 Å². The summed E-state index contributed by atoms with van der Waals surface area (Å²) in [5.41, 5.74) is 2.49. The van der Waals surface area contributed by atoms with Crippen LogP contribution in [0.1, 0.15) is 31.4 Å². The summed E-state index contributed by atoms with van der Waals surface area (Å²) >= 11 is 0. The normalized spacial score (nSPS) is 10.0. The van der Waals surface area contributed by atoms with Gasteiger partial charge in [0.15, 0.2) is 0 Å². The SMILES string of the molecule is CC[O-].CC[O-].[C-]1=CC=CC1.[Hf].c1ccc([CH-]c2ccccc2)cc1.c1ccc2[cH-]ccc2c1. The van der Waals surface area contributed by atoms with Crippen LogP contribution in [0.2, 0.25) is 0 Å². The van der Waals surface area contributed by atoms with Crippen LogP contribution in [0.25, 0.3) is 10.8 Å². The van der Waals surface area contributed by atoms with Gasteiger partial charge in [0.1, 0.15) is 0 Å². The van der Waals surface area contributed by atoms with Crippen LogP contribution in [0.3, 0.4) is 0 Å². The van der Waals surface area contributed by atoms with Gasteiger partial charge in [-0.05, 0) is 0 Å². The maximum atomic E-state index is 8.93. The molecule has 0 unspecified atom stereocenters. The summed E-state index contributed by atoms with van der Waals surface area (Å²) in [5.74, 6) is 0. The minimum atomic E-state index is 0. The molecule has 4 aromatic carbocycles. The maximum Gasteiger partial charge on any atom is 0 e. The van der Waals surface area contributed by atoms with Gasteiger partial charge in [-0.25, -0.2) is 12.2 Å². The van der Waals surface area contributed by atoms with Gasteiger partial charge < -0.3 is 10.2 Å². The molecule has 0 radical (unpaired) electrons. The third-order valence-corrected chi connectivity index (χ3v) is 4.07. The van der Waals surface area contributed by atoms with Crippen LogP contribution in [-0.2, 0) is 25.8 Å². The minimum absolute atomic E-state index is 0. The van der Waals surface area contributed by atoms with E-state index in [0.29, 0.717) is 0 Å². The fourth-order valence-electron chi connectivity index (χ4n) is 2.70. The Morgan fingerprint density at radius 3 is 1.68 bits per heavy atom. The van der Waals surface area contributed by atoms with E-state index in [9.17, 15) is 0 Å². The first-order valence-corrected chi connectivity index (χ1v) is 11.2. The molecule has 0 fully saturated rings. The summed E-state index contributed by atoms with van der Waals surface area (Å²) in [7, 11) is 0. The molecule has 0 saturated heterocycles. The van der Waals surface area contributed by atoms with Gasteiger partial charge in [0.2, 0.25) is 0 Å². The molecule has 0 aliphatic heterocycles. The Bertz CT molecular complexity index is 925. The molecule has 5 rings (SSSR count). The quantitative estimate of drug-likeness (QED) is 0.209. The van der Waals surface area contributed by atoms with Gasteiger partial charge in [-0.15, -0.1) is 91.1 Å². The molecule has 0 atom stereocenters. The second kappa shape index (κ2) is 22.2. The Morgan fingerprint density at radius 2 is 1.26 bits per heavy atom. The predicted octanol–water partition coefficient (Wildman–Crippen LogP) is 5.88. The van der Waals surface area contributed by atoms with Crippen molar-refractivity contribution >= 4 is 10.8 Å². The standard InChI is InChI=1S/C13H11.C9H7.C5H5.2C2H5O.Hf/c1-3-7-12(8-4-1)11-13-9-5-2-6-10-13;1-2-5-9-7-3-6-8(9)4-1;1-2-4-5-3-1;2*1-2-3;/h1-11H;1-7H;1-3H,4H2;2*2H2,1H3;/q5*-1;. The first-order chi connectivity index (χ1) is 16.2. The zero-order valence-electron chi connectivity index (χ0n) is 20.1. The van der Waals surface area contributed by atoms with E-state index in [1.165, 1.54) is 21.9 Å². The van der Waals surface area contributed by atoms with Crippen LogP contribution in [0.5, 0.6) is 0 Å². The third-order valence-electron chi connectivity index (χ3n) is 4.07. The van der Waals surface area contributed by atoms with Crippen molar-refractivity contribution in [3.63, 3.8) is 0 Å². The van der Waals surface area contributed by atoms with Crippen molar-refractivity contribution in [2.75, 3.05) is 13.2 Å². The van der Waals surface area contributed by atoms with Crippen LogP contribution in [-0.4, -0.2) is 13.2 Å². The molecule has 0 spiro atoms. The zero-order chi connectivity index (χ0) is 24.0. The molecular weight excluding hydrogens is 583 g/mol. The molecule has 0 amide bonds. The minimum Gasteiger partial charge on any atom is -0.855 e. The van der Waals surface area contributed by atoms with Crippen LogP contribution < -0.4 is 10.2 Å². The van der Waals surface area contributed by atoms with E-state index in [2.05, 4.69) is 110 Å². The van der Waals surface area contributed by atoms with E-state index in [0.717, 1.165) is 6.42 Å². The molecular formula is C31H33HfO2-5. The number of hydrogen-bond acceptors (Lipinski definition) is 2. The molecule has 1 aliphatic rings. The van der Waals surface area contributed by atoms with Gasteiger partial charge in [-0.2, -0.15) is 23.6 Å². The summed E-state index contributed by atoms with van der Waals surface area (Å²) in [5, 5.41) is 20.5. The zero-order valence-corrected chi connectivity index (χ0v) is 23.7. The second-order valence-corrected chi connectivity index (χ2v) is 6.70. The monoisotopic (exact) mass is 617 g/mol. The average Bonchev–Trinajstić information content (AvgIpc) is 3.57. The van der Waals surface area contributed by atoms with Crippen LogP contribution >= 0.6 is 0 Å². The molecule has 178 valence electrons. The Labute approximate surface area is 224 Å². The summed E-state index contributed by atoms with van der Waals surface area (Å²) in [6.07, 6.45) is 12.2. The molecule has 1 aliphatic carbocycles. The number of allylic oxidation sites excluding steroid dienone is 4. The molecule has 2 nitrogen and oxygen atoms in total. The Balaban J connectivity index is 0.000000451. The van der Waals surface area contributed by atoms with Crippen molar-refractivity contribution in [1.29, 1.82) is 0 Å². The van der Waals surface area contributed by atoms with E-state index in [-0.39, 0.29) is 39.1 Å². The molecule has 4 aromatic rings. The molecule has 0 saturated carbocycles. The van der Waals surface area contributed by atoms with Crippen molar-refractivity contribution in [1.82, 2.24) is 0 Å². The van der Waals surface area contributed by atoms with Gasteiger partial charge >= 0.3 is 0 Å². The topological polar surface area (TPSA) is 46.1 Å². The van der Waals surface area contributed by atoms with Crippen molar-refractivity contribution in [3.05, 3.63) is 145 Å². The van der Waals surface area contributed by atoms with Gasteiger partial charge in [0, 0.05) is 25.8 Å². The average molecular weight is 616 g/mol. The number of hydrogen-bond donors (Lipinski definition) is 0. The summed E-state index contributed by atoms with van der Waals surface area (Å²) in [4.78, 5) is 0. The Morgan fingerprint density at radius 1 is 0.765 bits per heavy atom. The Hall–Kier alpha value is -2.59. The van der Waals surface area contributed by atoms with Gasteiger partial charge in [0.05, 0.1) is 0 Å². The summed E-state index contributed by atoms with van der Waals surface area (Å²) in [6.45, 7) is 3.14. The fourth-order valence-corrected chi connectivity index (χ4v) is 2.70. The second-order valence-electron chi connectivity index (χ2n) is 6.70. The van der Waals surface area contributed by atoms with Gasteiger partial charge in [-0.1, -0.05) is 56.3 Å². The van der Waals surface area contributed by atoms with E-state index in [1.807, 2.05) is 24.3 Å². The molecule has 0 heterocycles. The number of fused-ring (bicyclic) bond motifs is 1. The van der Waals surface area contributed by atoms with E-state index in [4.69, 9.17) is 10.2 Å². The third kappa shape index (κ3) is 15.3. The first kappa shape index (κ1) is 31.4. The van der Waals surface area contributed by atoms with Crippen molar-refractivity contribution in [3.8, 4) is 0 Å². The van der Waals surface area contributed by atoms with Gasteiger partial charge in [-0.3, -0.25) is 6.08 Å². The first-order valence-electron chi connectivity index (χ1n) is 11.2. The molecule has 0 N–H and O–H groups in total. The molecule has 0 bridgehead atoms. The molecule has 34 heavy (non-hydrogen) atoms. The largest absolute Gasteiger partial charge is 0.855 e. The van der Waals surface area contributed by atoms with E-state index < -0.39 is 0 Å². The van der Waals surface area contributed by atoms with Crippen molar-refractivity contribution in [2.45, 2.75) is 20.3 Å². The van der Waals surface area contributed by atoms with Crippen LogP contribution in [0, 0.1) is 12.5 Å². The summed E-state index contributed by atoms with van der Waals surface area (Å²) < 4.78 is 0. The molecule has 3 heteroatoms. The Kier molecular flexibility index (Phi) is 20.5. The fraction of sp³-hybridized carbons (Fsp3) is 0.161. The molecule has 0 aromatic heterocycles. The summed E-state index contributed by atoms with van der Waals surface area (Å²) in [6, 6.07) is 35.3.